The van der Waals surface area contributed by atoms with E-state index in [9.17, 15) is 4.79 Å². The second kappa shape index (κ2) is 7.51. The van der Waals surface area contributed by atoms with E-state index in [1.165, 1.54) is 5.56 Å². The maximum atomic E-state index is 12.3. The second-order valence-electron chi connectivity index (χ2n) is 9.08. The summed E-state index contributed by atoms with van der Waals surface area (Å²) in [6, 6.07) is 6.15. The molecule has 0 spiro atoms. The van der Waals surface area contributed by atoms with E-state index in [2.05, 4.69) is 36.7 Å². The van der Waals surface area contributed by atoms with Crippen LogP contribution in [0.1, 0.15) is 44.7 Å². The quantitative estimate of drug-likeness (QED) is 0.858. The summed E-state index contributed by atoms with van der Waals surface area (Å²) in [6.45, 7) is 10.3. The van der Waals surface area contributed by atoms with E-state index < -0.39 is 0 Å². The number of aryl methyl sites for hydroxylation is 1. The number of piperidine rings is 1. The first-order valence-electron chi connectivity index (χ1n) is 10.0. The van der Waals surface area contributed by atoms with Gasteiger partial charge in [0.15, 0.2) is 0 Å². The van der Waals surface area contributed by atoms with E-state index in [-0.39, 0.29) is 11.7 Å². The third kappa shape index (κ3) is 4.35. The zero-order valence-electron chi connectivity index (χ0n) is 16.6. The molecule has 1 fully saturated rings. The normalized spacial score (nSPS) is 19.2. The van der Waals surface area contributed by atoms with E-state index in [0.717, 1.165) is 72.6 Å². The Morgan fingerprint density at radius 2 is 2.00 bits per heavy atom. The van der Waals surface area contributed by atoms with Crippen molar-refractivity contribution in [1.29, 1.82) is 0 Å². The molecule has 0 radical (unpaired) electrons. The summed E-state index contributed by atoms with van der Waals surface area (Å²) in [5.41, 5.74) is 3.52. The zero-order chi connectivity index (χ0) is 19.0. The predicted molar refractivity (Wildman–Crippen MR) is 114 cm³/mol. The number of H-pyrrole nitrogens is 1. The SMILES string of the molecule is CC(C)(C)CN1CCC(Oc2ccc3[nH]c(=O)c4c(c3c2)CCSC4)CC1. The third-order valence-electron chi connectivity index (χ3n) is 5.48. The van der Waals surface area contributed by atoms with Crippen molar-refractivity contribution in [3.8, 4) is 5.75 Å². The van der Waals surface area contributed by atoms with Crippen LogP contribution in [0, 0.1) is 5.41 Å². The number of aromatic amines is 1. The lowest BCUT2D eigenvalue weighted by Crippen LogP contribution is -2.42. The Morgan fingerprint density at radius 1 is 1.22 bits per heavy atom. The molecule has 3 heterocycles. The summed E-state index contributed by atoms with van der Waals surface area (Å²) in [6.07, 6.45) is 3.41. The fourth-order valence-corrected chi connectivity index (χ4v) is 5.29. The van der Waals surface area contributed by atoms with Crippen molar-refractivity contribution in [3.63, 3.8) is 0 Å². The highest BCUT2D eigenvalue weighted by atomic mass is 32.2. The highest BCUT2D eigenvalue weighted by Crippen LogP contribution is 2.31. The molecule has 4 nitrogen and oxygen atoms in total. The van der Waals surface area contributed by atoms with Crippen molar-refractivity contribution in [2.75, 3.05) is 25.4 Å². The van der Waals surface area contributed by atoms with Crippen LogP contribution in [-0.4, -0.2) is 41.4 Å². The minimum atomic E-state index is 0.0737. The summed E-state index contributed by atoms with van der Waals surface area (Å²) < 4.78 is 6.34. The van der Waals surface area contributed by atoms with Crippen LogP contribution in [-0.2, 0) is 12.2 Å². The van der Waals surface area contributed by atoms with Crippen molar-refractivity contribution in [2.24, 2.45) is 5.41 Å². The van der Waals surface area contributed by atoms with Crippen molar-refractivity contribution >= 4 is 22.7 Å². The molecule has 1 aromatic heterocycles. The maximum absolute atomic E-state index is 12.3. The number of nitrogens with zero attached hydrogens (tertiary/aromatic N) is 1. The molecule has 4 rings (SSSR count). The molecule has 1 saturated heterocycles. The zero-order valence-corrected chi connectivity index (χ0v) is 17.5. The van der Waals surface area contributed by atoms with Gasteiger partial charge in [0.1, 0.15) is 11.9 Å². The number of hydrogen-bond donors (Lipinski definition) is 1. The summed E-state index contributed by atoms with van der Waals surface area (Å²) in [5, 5.41) is 1.16. The summed E-state index contributed by atoms with van der Waals surface area (Å²) in [4.78, 5) is 17.9. The monoisotopic (exact) mass is 386 g/mol. The van der Waals surface area contributed by atoms with Crippen LogP contribution in [0.5, 0.6) is 5.75 Å². The van der Waals surface area contributed by atoms with Gasteiger partial charge in [0, 0.05) is 41.9 Å². The summed E-state index contributed by atoms with van der Waals surface area (Å²) in [7, 11) is 0. The predicted octanol–water partition coefficient (Wildman–Crippen LogP) is 4.21. The molecule has 5 heteroatoms. The highest BCUT2D eigenvalue weighted by molar-refractivity contribution is 7.98. The van der Waals surface area contributed by atoms with E-state index in [4.69, 9.17) is 4.74 Å². The summed E-state index contributed by atoms with van der Waals surface area (Å²) >= 11 is 1.84. The number of likely N-dealkylation sites (tertiary alicyclic amines) is 1. The first kappa shape index (κ1) is 18.9. The Bertz CT molecular complexity index is 876. The van der Waals surface area contributed by atoms with Gasteiger partial charge in [-0.1, -0.05) is 20.8 Å². The van der Waals surface area contributed by atoms with Crippen molar-refractivity contribution in [1.82, 2.24) is 9.88 Å². The van der Waals surface area contributed by atoms with Gasteiger partial charge in [-0.25, -0.2) is 0 Å². The average molecular weight is 387 g/mol. The van der Waals surface area contributed by atoms with Gasteiger partial charge in [-0.05, 0) is 54.2 Å². The van der Waals surface area contributed by atoms with Crippen molar-refractivity contribution in [2.45, 2.75) is 51.9 Å². The molecule has 1 N–H and O–H groups in total. The van der Waals surface area contributed by atoms with Crippen LogP contribution in [0.25, 0.3) is 10.9 Å². The Hall–Kier alpha value is -1.46. The lowest BCUT2D eigenvalue weighted by atomic mass is 9.94. The fraction of sp³-hybridized carbons (Fsp3) is 0.591. The molecule has 0 atom stereocenters. The van der Waals surface area contributed by atoms with E-state index in [1.54, 1.807) is 0 Å². The molecule has 2 aromatic rings. The van der Waals surface area contributed by atoms with E-state index in [0.29, 0.717) is 5.41 Å². The van der Waals surface area contributed by atoms with E-state index in [1.807, 2.05) is 23.9 Å². The van der Waals surface area contributed by atoms with Crippen LogP contribution >= 0.6 is 11.8 Å². The molecule has 27 heavy (non-hydrogen) atoms. The van der Waals surface area contributed by atoms with Gasteiger partial charge in [-0.15, -0.1) is 0 Å². The number of aromatic nitrogens is 1. The van der Waals surface area contributed by atoms with Gasteiger partial charge in [0.05, 0.1) is 0 Å². The van der Waals surface area contributed by atoms with Gasteiger partial charge in [0.25, 0.3) is 5.56 Å². The van der Waals surface area contributed by atoms with Crippen molar-refractivity contribution < 1.29 is 4.74 Å². The second-order valence-corrected chi connectivity index (χ2v) is 10.2. The fourth-order valence-electron chi connectivity index (χ4n) is 4.29. The summed E-state index contributed by atoms with van der Waals surface area (Å²) in [5.74, 6) is 2.84. The number of hydrogen-bond acceptors (Lipinski definition) is 4. The smallest absolute Gasteiger partial charge is 0.252 e. The Morgan fingerprint density at radius 3 is 2.74 bits per heavy atom. The maximum Gasteiger partial charge on any atom is 0.252 e. The van der Waals surface area contributed by atoms with Crippen molar-refractivity contribution in [3.05, 3.63) is 39.7 Å². The number of nitrogens with one attached hydrogen (secondary N) is 1. The number of thioether (sulfide) groups is 1. The molecule has 0 saturated carbocycles. The topological polar surface area (TPSA) is 45.3 Å². The van der Waals surface area contributed by atoms with Gasteiger partial charge in [-0.2, -0.15) is 11.8 Å². The molecular weight excluding hydrogens is 356 g/mol. The van der Waals surface area contributed by atoms with Gasteiger partial charge >= 0.3 is 0 Å². The highest BCUT2D eigenvalue weighted by Gasteiger charge is 2.24. The van der Waals surface area contributed by atoms with Crippen LogP contribution in [0.3, 0.4) is 0 Å². The molecule has 2 aliphatic rings. The van der Waals surface area contributed by atoms with Gasteiger partial charge in [-0.3, -0.25) is 4.79 Å². The number of ether oxygens (including phenoxy) is 1. The first-order valence-corrected chi connectivity index (χ1v) is 11.2. The van der Waals surface area contributed by atoms with Crippen LogP contribution < -0.4 is 10.3 Å². The minimum absolute atomic E-state index is 0.0737. The Kier molecular flexibility index (Phi) is 5.26. The number of rotatable bonds is 3. The number of fused-ring (bicyclic) bond motifs is 3. The molecule has 0 aliphatic carbocycles. The molecular formula is C22H30N2O2S. The Labute approximate surface area is 165 Å². The first-order chi connectivity index (χ1) is 12.9. The molecule has 0 bridgehead atoms. The standard InChI is InChI=1S/C22H30N2O2S/c1-22(2,3)14-24-9-6-15(7-10-24)26-16-4-5-20-18(12-16)17-8-11-27-13-19(17)21(25)23-20/h4-5,12,15H,6-11,13-14H2,1-3H3,(H,23,25). The van der Waals surface area contributed by atoms with Crippen LogP contribution in [0.2, 0.25) is 0 Å². The largest absolute Gasteiger partial charge is 0.490 e. The third-order valence-corrected chi connectivity index (χ3v) is 6.47. The van der Waals surface area contributed by atoms with Crippen LogP contribution in [0.15, 0.2) is 23.0 Å². The lowest BCUT2D eigenvalue weighted by molar-refractivity contribution is 0.0811. The average Bonchev–Trinajstić information content (AvgIpc) is 2.63. The van der Waals surface area contributed by atoms with E-state index >= 15 is 0 Å². The molecule has 0 amide bonds. The van der Waals surface area contributed by atoms with Gasteiger partial charge in [0.2, 0.25) is 0 Å². The molecule has 146 valence electrons. The minimum Gasteiger partial charge on any atom is -0.490 e. The number of benzene rings is 1. The lowest BCUT2D eigenvalue weighted by Gasteiger charge is -2.36. The van der Waals surface area contributed by atoms with Crippen LogP contribution in [0.4, 0.5) is 0 Å². The molecule has 0 unspecified atom stereocenters. The number of pyridine rings is 1. The Balaban J connectivity index is 1.49. The van der Waals surface area contributed by atoms with Gasteiger partial charge < -0.3 is 14.6 Å². The molecule has 2 aliphatic heterocycles. The molecule has 1 aromatic carbocycles.